The number of aryl methyl sites for hydroxylation is 2. The molecular weight excluding hydrogens is 316 g/mol. The van der Waals surface area contributed by atoms with Crippen molar-refractivity contribution in [2.24, 2.45) is 0 Å². The lowest BCUT2D eigenvalue weighted by atomic mass is 9.96. The van der Waals surface area contributed by atoms with Crippen LogP contribution in [0.1, 0.15) is 32.6 Å². The first-order valence-electron chi connectivity index (χ1n) is 6.63. The number of halogens is 1. The van der Waals surface area contributed by atoms with Crippen LogP contribution >= 0.6 is 15.9 Å². The van der Waals surface area contributed by atoms with Gasteiger partial charge in [0.15, 0.2) is 5.78 Å². The number of benzene rings is 2. The van der Waals surface area contributed by atoms with Crippen molar-refractivity contribution >= 4 is 21.7 Å². The molecule has 0 spiro atoms. The topological polar surface area (TPSA) is 26.3 Å². The van der Waals surface area contributed by atoms with Gasteiger partial charge in [0, 0.05) is 22.0 Å². The molecule has 0 radical (unpaired) electrons. The minimum absolute atomic E-state index is 0.0767. The summed E-state index contributed by atoms with van der Waals surface area (Å²) in [7, 11) is 0. The molecule has 0 N–H and O–H groups in total. The summed E-state index contributed by atoms with van der Waals surface area (Å²) in [4.78, 5) is 12.7. The Balaban J connectivity index is 2.03. The van der Waals surface area contributed by atoms with Crippen LogP contribution in [0, 0.1) is 13.8 Å². The summed E-state index contributed by atoms with van der Waals surface area (Å²) >= 11 is 3.50. The van der Waals surface area contributed by atoms with E-state index in [-0.39, 0.29) is 5.78 Å². The van der Waals surface area contributed by atoms with Crippen molar-refractivity contribution < 1.29 is 9.53 Å². The Labute approximate surface area is 126 Å². The van der Waals surface area contributed by atoms with Gasteiger partial charge < -0.3 is 4.74 Å². The van der Waals surface area contributed by atoms with E-state index in [9.17, 15) is 4.79 Å². The molecule has 0 bridgehead atoms. The lowest BCUT2D eigenvalue weighted by Gasteiger charge is -2.09. The normalized spacial score (nSPS) is 12.9. The predicted molar refractivity (Wildman–Crippen MR) is 82.7 cm³/mol. The third-order valence-electron chi connectivity index (χ3n) is 3.70. The fourth-order valence-electron chi connectivity index (χ4n) is 2.51. The molecule has 3 rings (SSSR count). The summed E-state index contributed by atoms with van der Waals surface area (Å²) in [6.07, 6.45) is 0.884. The number of carbonyl (C=O) groups excluding carboxylic acids is 1. The Morgan fingerprint density at radius 3 is 2.75 bits per heavy atom. The van der Waals surface area contributed by atoms with Gasteiger partial charge in [0.2, 0.25) is 0 Å². The smallest absolute Gasteiger partial charge is 0.193 e. The summed E-state index contributed by atoms with van der Waals surface area (Å²) in [5.74, 6) is 0.984. The minimum atomic E-state index is 0.0767. The Morgan fingerprint density at radius 2 is 1.95 bits per heavy atom. The molecule has 0 saturated heterocycles. The standard InChI is InChI=1S/C17H15BrO2/c1-10-8-15(18)11(2)7-14(10)17(19)13-3-4-16-12(9-13)5-6-20-16/h3-4,7-9H,5-6H2,1-2H3. The summed E-state index contributed by atoms with van der Waals surface area (Å²) in [6.45, 7) is 4.67. The molecule has 102 valence electrons. The van der Waals surface area contributed by atoms with E-state index >= 15 is 0 Å². The van der Waals surface area contributed by atoms with E-state index in [4.69, 9.17) is 4.74 Å². The predicted octanol–water partition coefficient (Wildman–Crippen LogP) is 4.23. The number of fused-ring (bicyclic) bond motifs is 1. The van der Waals surface area contributed by atoms with E-state index in [0.29, 0.717) is 6.61 Å². The first kappa shape index (κ1) is 13.4. The molecule has 2 nitrogen and oxygen atoms in total. The molecule has 0 atom stereocenters. The average Bonchev–Trinajstić information content (AvgIpc) is 2.89. The van der Waals surface area contributed by atoms with Gasteiger partial charge in [0.05, 0.1) is 6.61 Å². The summed E-state index contributed by atoms with van der Waals surface area (Å²) in [5.41, 5.74) is 4.69. The SMILES string of the molecule is Cc1cc(C(=O)c2ccc3c(c2)CCO3)c(C)cc1Br. The number of hydrogen-bond donors (Lipinski definition) is 0. The molecule has 2 aromatic carbocycles. The van der Waals surface area contributed by atoms with Gasteiger partial charge in [-0.3, -0.25) is 4.79 Å². The van der Waals surface area contributed by atoms with E-state index in [1.807, 2.05) is 44.2 Å². The van der Waals surface area contributed by atoms with Gasteiger partial charge >= 0.3 is 0 Å². The summed E-state index contributed by atoms with van der Waals surface area (Å²) in [6, 6.07) is 9.66. The molecule has 0 saturated carbocycles. The van der Waals surface area contributed by atoms with Crippen molar-refractivity contribution in [3.63, 3.8) is 0 Å². The average molecular weight is 331 g/mol. The summed E-state index contributed by atoms with van der Waals surface area (Å²) in [5, 5.41) is 0. The molecule has 2 aromatic rings. The van der Waals surface area contributed by atoms with E-state index in [1.54, 1.807) is 0 Å². The van der Waals surface area contributed by atoms with Crippen LogP contribution in [0.2, 0.25) is 0 Å². The van der Waals surface area contributed by atoms with Gasteiger partial charge in [0.25, 0.3) is 0 Å². The van der Waals surface area contributed by atoms with Gasteiger partial charge in [-0.2, -0.15) is 0 Å². The first-order valence-corrected chi connectivity index (χ1v) is 7.43. The van der Waals surface area contributed by atoms with Crippen LogP contribution in [0.4, 0.5) is 0 Å². The van der Waals surface area contributed by atoms with Gasteiger partial charge in [-0.15, -0.1) is 0 Å². The summed E-state index contributed by atoms with van der Waals surface area (Å²) < 4.78 is 6.52. The molecule has 1 heterocycles. The Hall–Kier alpha value is -1.61. The maximum Gasteiger partial charge on any atom is 0.193 e. The van der Waals surface area contributed by atoms with Crippen LogP contribution in [0.5, 0.6) is 5.75 Å². The fourth-order valence-corrected chi connectivity index (χ4v) is 2.97. The zero-order chi connectivity index (χ0) is 14.3. The third-order valence-corrected chi connectivity index (χ3v) is 4.56. The molecule has 0 aromatic heterocycles. The van der Waals surface area contributed by atoms with Crippen molar-refractivity contribution in [1.82, 2.24) is 0 Å². The van der Waals surface area contributed by atoms with Crippen molar-refractivity contribution in [2.75, 3.05) is 6.61 Å². The van der Waals surface area contributed by atoms with Crippen LogP contribution < -0.4 is 4.74 Å². The monoisotopic (exact) mass is 330 g/mol. The lowest BCUT2D eigenvalue weighted by Crippen LogP contribution is -2.05. The molecule has 0 unspecified atom stereocenters. The minimum Gasteiger partial charge on any atom is -0.493 e. The zero-order valence-corrected chi connectivity index (χ0v) is 13.1. The van der Waals surface area contributed by atoms with Gasteiger partial charge in [-0.1, -0.05) is 15.9 Å². The van der Waals surface area contributed by atoms with Crippen molar-refractivity contribution in [3.8, 4) is 5.75 Å². The molecular formula is C17H15BrO2. The molecule has 1 aliphatic heterocycles. The number of carbonyl (C=O) groups is 1. The van der Waals surface area contributed by atoms with Crippen molar-refractivity contribution in [3.05, 3.63) is 62.6 Å². The van der Waals surface area contributed by atoms with Crippen LogP contribution in [0.15, 0.2) is 34.8 Å². The van der Waals surface area contributed by atoms with Crippen LogP contribution in [-0.4, -0.2) is 12.4 Å². The number of ether oxygens (including phenoxy) is 1. The number of ketones is 1. The highest BCUT2D eigenvalue weighted by Crippen LogP contribution is 2.28. The van der Waals surface area contributed by atoms with E-state index in [2.05, 4.69) is 15.9 Å². The first-order chi connectivity index (χ1) is 9.56. The molecule has 0 amide bonds. The maximum absolute atomic E-state index is 12.7. The van der Waals surface area contributed by atoms with E-state index < -0.39 is 0 Å². The second kappa shape index (κ2) is 5.06. The zero-order valence-electron chi connectivity index (χ0n) is 11.5. The largest absolute Gasteiger partial charge is 0.493 e. The second-order valence-corrected chi connectivity index (χ2v) is 6.02. The fraction of sp³-hybridized carbons (Fsp3) is 0.235. The van der Waals surface area contributed by atoms with Crippen LogP contribution in [0.25, 0.3) is 0 Å². The molecule has 0 aliphatic carbocycles. The van der Waals surface area contributed by atoms with Crippen LogP contribution in [-0.2, 0) is 6.42 Å². The highest BCUT2D eigenvalue weighted by Gasteiger charge is 2.17. The maximum atomic E-state index is 12.7. The third kappa shape index (κ3) is 2.27. The number of hydrogen-bond acceptors (Lipinski definition) is 2. The molecule has 20 heavy (non-hydrogen) atoms. The number of rotatable bonds is 2. The lowest BCUT2D eigenvalue weighted by molar-refractivity contribution is 0.103. The highest BCUT2D eigenvalue weighted by atomic mass is 79.9. The quantitative estimate of drug-likeness (QED) is 0.770. The Morgan fingerprint density at radius 1 is 1.15 bits per heavy atom. The van der Waals surface area contributed by atoms with Crippen molar-refractivity contribution in [2.45, 2.75) is 20.3 Å². The Bertz CT molecular complexity index is 704. The van der Waals surface area contributed by atoms with Crippen molar-refractivity contribution in [1.29, 1.82) is 0 Å². The Kier molecular flexibility index (Phi) is 3.38. The molecule has 0 fully saturated rings. The van der Waals surface area contributed by atoms with Gasteiger partial charge in [0.1, 0.15) is 5.75 Å². The molecule has 3 heteroatoms. The van der Waals surface area contributed by atoms with Crippen LogP contribution in [0.3, 0.4) is 0 Å². The molecule has 1 aliphatic rings. The highest BCUT2D eigenvalue weighted by molar-refractivity contribution is 9.10. The second-order valence-electron chi connectivity index (χ2n) is 5.17. The van der Waals surface area contributed by atoms with E-state index in [0.717, 1.165) is 44.5 Å². The van der Waals surface area contributed by atoms with Gasteiger partial charge in [-0.05, 0) is 60.9 Å². The van der Waals surface area contributed by atoms with E-state index in [1.165, 1.54) is 0 Å². The van der Waals surface area contributed by atoms with Gasteiger partial charge in [-0.25, -0.2) is 0 Å².